The Bertz CT molecular complexity index is 127. The van der Waals surface area contributed by atoms with Crippen LogP contribution in [0.4, 0.5) is 0 Å². The van der Waals surface area contributed by atoms with Gasteiger partial charge in [0, 0.05) is 0 Å². The van der Waals surface area contributed by atoms with Crippen LogP contribution >= 0.6 is 11.8 Å². The summed E-state index contributed by atoms with van der Waals surface area (Å²) in [6.45, 7) is 11.2. The van der Waals surface area contributed by atoms with Crippen LogP contribution in [0.25, 0.3) is 0 Å². The molecule has 1 nitrogen and oxygen atoms in total. The Morgan fingerprint density at radius 3 is 2.33 bits per heavy atom. The number of rotatable bonds is 3. The highest BCUT2D eigenvalue weighted by molar-refractivity contribution is 8.04. The van der Waals surface area contributed by atoms with Gasteiger partial charge in [-0.1, -0.05) is 12.7 Å². The van der Waals surface area contributed by atoms with Crippen LogP contribution in [0.5, 0.6) is 0 Å². The van der Waals surface area contributed by atoms with Crippen LogP contribution in [-0.2, 0) is 0 Å². The minimum Gasteiger partial charge on any atom is -0.314 e. The Balaban J connectivity index is 3.86. The molecule has 1 atom stereocenters. The molecule has 0 rings (SSSR count). The highest BCUT2D eigenvalue weighted by Gasteiger charge is 2.12. The molecule has 2 N–H and O–H groups in total. The second-order valence-corrected chi connectivity index (χ2v) is 3.97. The Morgan fingerprint density at radius 2 is 2.22 bits per heavy atom. The molecular formula is C7H13NS. The van der Waals surface area contributed by atoms with Gasteiger partial charge in [0.05, 0.1) is 4.87 Å². The van der Waals surface area contributed by atoms with E-state index in [-0.39, 0.29) is 4.87 Å². The van der Waals surface area contributed by atoms with Gasteiger partial charge < -0.3 is 5.73 Å². The van der Waals surface area contributed by atoms with Crippen molar-refractivity contribution in [1.82, 2.24) is 0 Å². The van der Waals surface area contributed by atoms with Crippen LogP contribution in [0.2, 0.25) is 0 Å². The van der Waals surface area contributed by atoms with E-state index >= 15 is 0 Å². The summed E-state index contributed by atoms with van der Waals surface area (Å²) in [6.07, 6.45) is 1.71. The third kappa shape index (κ3) is 4.30. The summed E-state index contributed by atoms with van der Waals surface area (Å²) in [5.41, 5.74) is 5.70. The van der Waals surface area contributed by atoms with Gasteiger partial charge in [-0.2, -0.15) is 0 Å². The van der Waals surface area contributed by atoms with Crippen LogP contribution in [0.3, 0.4) is 0 Å². The van der Waals surface area contributed by atoms with E-state index in [9.17, 15) is 0 Å². The van der Waals surface area contributed by atoms with E-state index in [0.29, 0.717) is 0 Å². The maximum absolute atomic E-state index is 5.70. The van der Waals surface area contributed by atoms with E-state index in [2.05, 4.69) is 13.2 Å². The maximum atomic E-state index is 5.70. The van der Waals surface area contributed by atoms with Crippen molar-refractivity contribution in [2.75, 3.05) is 0 Å². The molecule has 0 saturated heterocycles. The SMILES string of the molecule is C=CC(C)(N)SC(=C)C. The third-order valence-corrected chi connectivity index (χ3v) is 1.75. The van der Waals surface area contributed by atoms with Crippen LogP contribution in [0.15, 0.2) is 24.1 Å². The largest absolute Gasteiger partial charge is 0.314 e. The van der Waals surface area contributed by atoms with Crippen LogP contribution in [0, 0.1) is 0 Å². The van der Waals surface area contributed by atoms with Crippen LogP contribution < -0.4 is 5.73 Å². The molecule has 0 amide bonds. The van der Waals surface area contributed by atoms with Gasteiger partial charge in [0.15, 0.2) is 0 Å². The predicted octanol–water partition coefficient (Wildman–Crippen LogP) is 2.11. The van der Waals surface area contributed by atoms with E-state index in [1.165, 1.54) is 11.8 Å². The lowest BCUT2D eigenvalue weighted by Gasteiger charge is -2.18. The predicted molar refractivity (Wildman–Crippen MR) is 45.2 cm³/mol. The molecule has 0 spiro atoms. The molecule has 0 bridgehead atoms. The van der Waals surface area contributed by atoms with Gasteiger partial charge in [-0.3, -0.25) is 0 Å². The number of allylic oxidation sites excluding steroid dienone is 1. The number of nitrogens with two attached hydrogens (primary N) is 1. The molecular weight excluding hydrogens is 130 g/mol. The van der Waals surface area contributed by atoms with Crippen molar-refractivity contribution < 1.29 is 0 Å². The van der Waals surface area contributed by atoms with Gasteiger partial charge in [0.25, 0.3) is 0 Å². The van der Waals surface area contributed by atoms with E-state index in [1.54, 1.807) is 6.08 Å². The van der Waals surface area contributed by atoms with Gasteiger partial charge in [0.2, 0.25) is 0 Å². The second kappa shape index (κ2) is 3.08. The summed E-state index contributed by atoms with van der Waals surface area (Å²) in [5.74, 6) is 0. The molecule has 9 heavy (non-hydrogen) atoms. The first-order valence-corrected chi connectivity index (χ1v) is 3.56. The van der Waals surface area contributed by atoms with Gasteiger partial charge in [0.1, 0.15) is 0 Å². The molecule has 2 heteroatoms. The average molecular weight is 143 g/mol. The average Bonchev–Trinajstić information content (AvgIpc) is 1.63. The summed E-state index contributed by atoms with van der Waals surface area (Å²) < 4.78 is 0. The minimum absolute atomic E-state index is 0.355. The van der Waals surface area contributed by atoms with Gasteiger partial charge in [-0.25, -0.2) is 0 Å². The third-order valence-electron chi connectivity index (χ3n) is 0.799. The summed E-state index contributed by atoms with van der Waals surface area (Å²) in [4.78, 5) is 0.658. The quantitative estimate of drug-likeness (QED) is 0.483. The number of thioether (sulfide) groups is 1. The lowest BCUT2D eigenvalue weighted by atomic mass is 10.4. The molecule has 0 aromatic rings. The highest BCUT2D eigenvalue weighted by Crippen LogP contribution is 2.25. The number of hydrogen-bond acceptors (Lipinski definition) is 2. The Labute approximate surface area is 61.0 Å². The van der Waals surface area contributed by atoms with Crippen molar-refractivity contribution in [2.45, 2.75) is 18.7 Å². The maximum Gasteiger partial charge on any atom is 0.0818 e. The summed E-state index contributed by atoms with van der Waals surface area (Å²) in [5, 5.41) is 0. The van der Waals surface area contributed by atoms with Gasteiger partial charge in [-0.15, -0.1) is 18.3 Å². The van der Waals surface area contributed by atoms with Crippen molar-refractivity contribution in [3.63, 3.8) is 0 Å². The van der Waals surface area contributed by atoms with Gasteiger partial charge >= 0.3 is 0 Å². The fourth-order valence-electron chi connectivity index (χ4n) is 0.417. The van der Waals surface area contributed by atoms with E-state index in [4.69, 9.17) is 5.73 Å². The lowest BCUT2D eigenvalue weighted by Crippen LogP contribution is -2.28. The number of hydrogen-bond donors (Lipinski definition) is 1. The lowest BCUT2D eigenvalue weighted by molar-refractivity contribution is 0.852. The second-order valence-electron chi connectivity index (χ2n) is 2.19. The fraction of sp³-hybridized carbons (Fsp3) is 0.429. The fourth-order valence-corrected chi connectivity index (χ4v) is 1.25. The molecule has 52 valence electrons. The molecule has 0 aromatic heterocycles. The molecule has 0 heterocycles. The zero-order valence-electron chi connectivity index (χ0n) is 5.98. The molecule has 0 fully saturated rings. The summed E-state index contributed by atoms with van der Waals surface area (Å²) >= 11 is 1.52. The first-order chi connectivity index (χ1) is 3.98. The van der Waals surface area contributed by atoms with Crippen molar-refractivity contribution in [3.05, 3.63) is 24.1 Å². The van der Waals surface area contributed by atoms with Crippen LogP contribution in [-0.4, -0.2) is 4.87 Å². The van der Waals surface area contributed by atoms with E-state index < -0.39 is 0 Å². The highest BCUT2D eigenvalue weighted by atomic mass is 32.2. The van der Waals surface area contributed by atoms with Crippen molar-refractivity contribution in [3.8, 4) is 0 Å². The molecule has 0 aliphatic carbocycles. The molecule has 0 saturated carbocycles. The van der Waals surface area contributed by atoms with Crippen LogP contribution in [0.1, 0.15) is 13.8 Å². The Kier molecular flexibility index (Phi) is 3.01. The van der Waals surface area contributed by atoms with Crippen molar-refractivity contribution in [2.24, 2.45) is 5.73 Å². The molecule has 0 aliphatic rings. The Hall–Kier alpha value is -0.210. The molecule has 0 aromatic carbocycles. The van der Waals surface area contributed by atoms with Gasteiger partial charge in [-0.05, 0) is 18.8 Å². The smallest absolute Gasteiger partial charge is 0.0818 e. The molecule has 0 aliphatic heterocycles. The zero-order chi connectivity index (χ0) is 7.49. The summed E-state index contributed by atoms with van der Waals surface area (Å²) in [6, 6.07) is 0. The van der Waals surface area contributed by atoms with Crippen molar-refractivity contribution in [1.29, 1.82) is 0 Å². The van der Waals surface area contributed by atoms with E-state index in [0.717, 1.165) is 4.91 Å². The molecule has 0 radical (unpaired) electrons. The zero-order valence-corrected chi connectivity index (χ0v) is 6.79. The Morgan fingerprint density at radius 1 is 1.78 bits per heavy atom. The molecule has 1 unspecified atom stereocenters. The standard InChI is InChI=1S/C7H13NS/c1-5-7(4,8)9-6(2)3/h5H,1-2,8H2,3-4H3. The van der Waals surface area contributed by atoms with E-state index in [1.807, 2.05) is 13.8 Å². The topological polar surface area (TPSA) is 26.0 Å². The minimum atomic E-state index is -0.355. The monoisotopic (exact) mass is 143 g/mol. The summed E-state index contributed by atoms with van der Waals surface area (Å²) in [7, 11) is 0. The first kappa shape index (κ1) is 8.79. The van der Waals surface area contributed by atoms with Crippen molar-refractivity contribution >= 4 is 11.8 Å². The first-order valence-electron chi connectivity index (χ1n) is 2.75. The normalized spacial score (nSPS) is 16.3.